The SMILES string of the molecule is COCC(N)C(=O)Cc1ccc(Cl)cc1. The molecule has 82 valence electrons. The molecular formula is C11H14ClNO2. The highest BCUT2D eigenvalue weighted by Gasteiger charge is 2.13. The molecule has 0 aliphatic carbocycles. The molecule has 0 heterocycles. The fraction of sp³-hybridized carbons (Fsp3) is 0.364. The zero-order chi connectivity index (χ0) is 11.3. The molecule has 4 heteroatoms. The van der Waals surface area contributed by atoms with Gasteiger partial charge in [-0.25, -0.2) is 0 Å². The average molecular weight is 228 g/mol. The van der Waals surface area contributed by atoms with Crippen molar-refractivity contribution in [2.45, 2.75) is 12.5 Å². The van der Waals surface area contributed by atoms with Crippen LogP contribution in [0.5, 0.6) is 0 Å². The van der Waals surface area contributed by atoms with Gasteiger partial charge in [0, 0.05) is 18.6 Å². The van der Waals surface area contributed by atoms with Crippen molar-refractivity contribution in [3.8, 4) is 0 Å². The van der Waals surface area contributed by atoms with E-state index in [0.717, 1.165) is 5.56 Å². The summed E-state index contributed by atoms with van der Waals surface area (Å²) in [7, 11) is 1.52. The first-order chi connectivity index (χ1) is 7.13. The molecule has 0 aromatic heterocycles. The molecule has 1 aromatic carbocycles. The van der Waals surface area contributed by atoms with Crippen molar-refractivity contribution < 1.29 is 9.53 Å². The molecular weight excluding hydrogens is 214 g/mol. The van der Waals surface area contributed by atoms with Crippen molar-refractivity contribution in [3.05, 3.63) is 34.9 Å². The lowest BCUT2D eigenvalue weighted by Crippen LogP contribution is -2.35. The maximum atomic E-state index is 11.5. The van der Waals surface area contributed by atoms with Crippen molar-refractivity contribution in [2.24, 2.45) is 5.73 Å². The summed E-state index contributed by atoms with van der Waals surface area (Å²) < 4.78 is 4.81. The van der Waals surface area contributed by atoms with Crippen LogP contribution in [0, 0.1) is 0 Å². The van der Waals surface area contributed by atoms with E-state index >= 15 is 0 Å². The maximum absolute atomic E-state index is 11.5. The number of halogens is 1. The second kappa shape index (κ2) is 5.85. The first kappa shape index (κ1) is 12.2. The standard InChI is InChI=1S/C11H14ClNO2/c1-15-7-10(13)11(14)6-8-2-4-9(12)5-3-8/h2-5,10H,6-7,13H2,1H3. The zero-order valence-corrected chi connectivity index (χ0v) is 9.33. The van der Waals surface area contributed by atoms with Crippen molar-refractivity contribution in [2.75, 3.05) is 13.7 Å². The molecule has 0 bridgehead atoms. The lowest BCUT2D eigenvalue weighted by Gasteiger charge is -2.08. The van der Waals surface area contributed by atoms with Gasteiger partial charge >= 0.3 is 0 Å². The fourth-order valence-electron chi connectivity index (χ4n) is 1.21. The minimum Gasteiger partial charge on any atom is -0.383 e. The smallest absolute Gasteiger partial charge is 0.156 e. The number of benzene rings is 1. The highest BCUT2D eigenvalue weighted by Crippen LogP contribution is 2.10. The van der Waals surface area contributed by atoms with Gasteiger partial charge in [0.25, 0.3) is 0 Å². The highest BCUT2D eigenvalue weighted by molar-refractivity contribution is 6.30. The Morgan fingerprint density at radius 3 is 2.60 bits per heavy atom. The Kier molecular flexibility index (Phi) is 4.75. The summed E-state index contributed by atoms with van der Waals surface area (Å²) in [4.78, 5) is 11.5. The van der Waals surface area contributed by atoms with E-state index in [4.69, 9.17) is 22.1 Å². The van der Waals surface area contributed by atoms with Gasteiger partial charge in [0.2, 0.25) is 0 Å². The Bertz CT molecular complexity index is 324. The summed E-state index contributed by atoms with van der Waals surface area (Å²) in [6, 6.07) is 6.60. The van der Waals surface area contributed by atoms with Gasteiger partial charge in [0.15, 0.2) is 5.78 Å². The number of ether oxygens (including phenoxy) is 1. The second-order valence-corrected chi connectivity index (χ2v) is 3.77. The molecule has 15 heavy (non-hydrogen) atoms. The lowest BCUT2D eigenvalue weighted by atomic mass is 10.1. The van der Waals surface area contributed by atoms with Gasteiger partial charge in [-0.1, -0.05) is 23.7 Å². The predicted molar refractivity (Wildman–Crippen MR) is 60.0 cm³/mol. The Morgan fingerprint density at radius 2 is 2.07 bits per heavy atom. The van der Waals surface area contributed by atoms with E-state index in [0.29, 0.717) is 11.4 Å². The molecule has 0 radical (unpaired) electrons. The van der Waals surface area contributed by atoms with Crippen molar-refractivity contribution in [3.63, 3.8) is 0 Å². The Morgan fingerprint density at radius 1 is 1.47 bits per heavy atom. The monoisotopic (exact) mass is 227 g/mol. The molecule has 1 rings (SSSR count). The van der Waals surface area contributed by atoms with Crippen LogP contribution in [0.15, 0.2) is 24.3 Å². The first-order valence-electron chi connectivity index (χ1n) is 4.65. The Labute approximate surface area is 94.2 Å². The molecule has 0 amide bonds. The molecule has 1 unspecified atom stereocenters. The third-order valence-electron chi connectivity index (χ3n) is 2.05. The third kappa shape index (κ3) is 4.00. The summed E-state index contributed by atoms with van der Waals surface area (Å²) >= 11 is 5.73. The van der Waals surface area contributed by atoms with Crippen LogP contribution in [0.1, 0.15) is 5.56 Å². The molecule has 1 atom stereocenters. The third-order valence-corrected chi connectivity index (χ3v) is 2.30. The molecule has 0 spiro atoms. The number of Topliss-reactive ketones (excluding diaryl/α,β-unsaturated/α-hetero) is 1. The Hall–Kier alpha value is -0.900. The molecule has 0 saturated heterocycles. The molecule has 1 aromatic rings. The average Bonchev–Trinajstić information content (AvgIpc) is 2.22. The normalized spacial score (nSPS) is 12.5. The van der Waals surface area contributed by atoms with E-state index in [-0.39, 0.29) is 12.4 Å². The minimum atomic E-state index is -0.550. The van der Waals surface area contributed by atoms with Gasteiger partial charge in [0.05, 0.1) is 12.6 Å². The number of carbonyl (C=O) groups is 1. The molecule has 0 aliphatic heterocycles. The van der Waals surface area contributed by atoms with E-state index in [1.807, 2.05) is 12.1 Å². The second-order valence-electron chi connectivity index (χ2n) is 3.33. The number of hydrogen-bond acceptors (Lipinski definition) is 3. The van der Waals surface area contributed by atoms with E-state index < -0.39 is 6.04 Å². The van der Waals surface area contributed by atoms with Crippen LogP contribution in [-0.2, 0) is 16.0 Å². The number of methoxy groups -OCH3 is 1. The molecule has 0 aliphatic rings. The van der Waals surface area contributed by atoms with Crippen molar-refractivity contribution >= 4 is 17.4 Å². The van der Waals surface area contributed by atoms with Crippen LogP contribution in [0.3, 0.4) is 0 Å². The van der Waals surface area contributed by atoms with E-state index in [2.05, 4.69) is 0 Å². The quantitative estimate of drug-likeness (QED) is 0.828. The van der Waals surface area contributed by atoms with Crippen molar-refractivity contribution in [1.82, 2.24) is 0 Å². The lowest BCUT2D eigenvalue weighted by molar-refractivity contribution is -0.120. The van der Waals surface area contributed by atoms with Gasteiger partial charge in [0.1, 0.15) is 0 Å². The predicted octanol–water partition coefficient (Wildman–Crippen LogP) is 1.43. The van der Waals surface area contributed by atoms with E-state index in [1.54, 1.807) is 12.1 Å². The number of nitrogens with two attached hydrogens (primary N) is 1. The van der Waals surface area contributed by atoms with Crippen LogP contribution in [0.4, 0.5) is 0 Å². The van der Waals surface area contributed by atoms with E-state index in [1.165, 1.54) is 7.11 Å². The van der Waals surface area contributed by atoms with Crippen LogP contribution in [0.2, 0.25) is 5.02 Å². The molecule has 0 saturated carbocycles. The summed E-state index contributed by atoms with van der Waals surface area (Å²) in [6.07, 6.45) is 0.321. The summed E-state index contributed by atoms with van der Waals surface area (Å²) in [5.41, 5.74) is 6.52. The number of carbonyl (C=O) groups excluding carboxylic acids is 1. The topological polar surface area (TPSA) is 52.3 Å². The van der Waals surface area contributed by atoms with Crippen LogP contribution in [0.25, 0.3) is 0 Å². The molecule has 0 fully saturated rings. The van der Waals surface area contributed by atoms with E-state index in [9.17, 15) is 4.79 Å². The first-order valence-corrected chi connectivity index (χ1v) is 5.03. The van der Waals surface area contributed by atoms with Gasteiger partial charge in [-0.15, -0.1) is 0 Å². The van der Waals surface area contributed by atoms with Gasteiger partial charge < -0.3 is 10.5 Å². The number of ketones is 1. The Balaban J connectivity index is 2.54. The van der Waals surface area contributed by atoms with Gasteiger partial charge in [-0.3, -0.25) is 4.79 Å². The van der Waals surface area contributed by atoms with Gasteiger partial charge in [-0.2, -0.15) is 0 Å². The molecule has 3 nitrogen and oxygen atoms in total. The number of rotatable bonds is 5. The fourth-order valence-corrected chi connectivity index (χ4v) is 1.33. The summed E-state index contributed by atoms with van der Waals surface area (Å²) in [6.45, 7) is 0.256. The number of hydrogen-bond donors (Lipinski definition) is 1. The van der Waals surface area contributed by atoms with Crippen LogP contribution < -0.4 is 5.73 Å². The summed E-state index contributed by atoms with van der Waals surface area (Å²) in [5.74, 6) is -0.0285. The zero-order valence-electron chi connectivity index (χ0n) is 8.57. The van der Waals surface area contributed by atoms with Gasteiger partial charge in [-0.05, 0) is 17.7 Å². The minimum absolute atomic E-state index is 0.0285. The van der Waals surface area contributed by atoms with Crippen molar-refractivity contribution in [1.29, 1.82) is 0 Å². The largest absolute Gasteiger partial charge is 0.383 e. The summed E-state index contributed by atoms with van der Waals surface area (Å²) in [5, 5.41) is 0.660. The van der Waals surface area contributed by atoms with Crippen LogP contribution in [-0.4, -0.2) is 25.5 Å². The molecule has 2 N–H and O–H groups in total. The maximum Gasteiger partial charge on any atom is 0.156 e. The highest BCUT2D eigenvalue weighted by atomic mass is 35.5. The van der Waals surface area contributed by atoms with Crippen LogP contribution >= 0.6 is 11.6 Å².